The number of nitrogens with one attached hydrogen (secondary N) is 1. The first-order valence-corrected chi connectivity index (χ1v) is 7.13. The van der Waals surface area contributed by atoms with Gasteiger partial charge in [-0.3, -0.25) is 0 Å². The Kier molecular flexibility index (Phi) is 4.24. The fraction of sp³-hybridized carbons (Fsp3) is 0.294. The number of fused-ring (bicyclic) bond motifs is 1. The first-order valence-electron chi connectivity index (χ1n) is 7.13. The molecule has 0 aromatic heterocycles. The average molecular weight is 305 g/mol. The van der Waals surface area contributed by atoms with Gasteiger partial charge in [0, 0.05) is 12.6 Å². The van der Waals surface area contributed by atoms with Crippen molar-refractivity contribution in [3.63, 3.8) is 0 Å². The first-order chi connectivity index (χ1) is 10.7. The maximum Gasteiger partial charge on any atom is 0.164 e. The second-order valence-electron chi connectivity index (χ2n) is 5.29. The Morgan fingerprint density at radius 3 is 2.86 bits per heavy atom. The average Bonchev–Trinajstić information content (AvgIpc) is 2.55. The zero-order chi connectivity index (χ0) is 15.5. The van der Waals surface area contributed by atoms with Crippen molar-refractivity contribution in [2.75, 3.05) is 13.7 Å². The Balaban J connectivity index is 1.64. The molecule has 5 heteroatoms. The Morgan fingerprint density at radius 1 is 1.23 bits per heavy atom. The van der Waals surface area contributed by atoms with Crippen LogP contribution in [0.4, 0.5) is 8.78 Å². The molecule has 2 aromatic rings. The van der Waals surface area contributed by atoms with Crippen LogP contribution in [0.3, 0.4) is 0 Å². The highest BCUT2D eigenvalue weighted by Crippen LogP contribution is 2.34. The van der Waals surface area contributed by atoms with Crippen LogP contribution >= 0.6 is 0 Å². The third kappa shape index (κ3) is 3.04. The van der Waals surface area contributed by atoms with Gasteiger partial charge in [-0.15, -0.1) is 0 Å². The Labute approximate surface area is 127 Å². The van der Waals surface area contributed by atoms with Crippen molar-refractivity contribution in [3.05, 3.63) is 59.2 Å². The lowest BCUT2D eigenvalue weighted by Crippen LogP contribution is -2.38. The van der Waals surface area contributed by atoms with E-state index in [-0.39, 0.29) is 6.04 Å². The molecule has 0 saturated heterocycles. The van der Waals surface area contributed by atoms with Gasteiger partial charge >= 0.3 is 0 Å². The van der Waals surface area contributed by atoms with Crippen LogP contribution < -0.4 is 14.8 Å². The van der Waals surface area contributed by atoms with E-state index in [1.54, 1.807) is 13.2 Å². The van der Waals surface area contributed by atoms with Gasteiger partial charge < -0.3 is 14.8 Å². The molecule has 0 saturated carbocycles. The van der Waals surface area contributed by atoms with Gasteiger partial charge in [-0.05, 0) is 35.7 Å². The molecule has 0 spiro atoms. The number of hydrogen-bond acceptors (Lipinski definition) is 3. The number of rotatable bonds is 4. The fourth-order valence-electron chi connectivity index (χ4n) is 2.60. The molecule has 0 unspecified atom stereocenters. The van der Waals surface area contributed by atoms with E-state index in [1.165, 1.54) is 6.07 Å². The molecule has 1 aliphatic heterocycles. The zero-order valence-electron chi connectivity index (χ0n) is 12.2. The summed E-state index contributed by atoms with van der Waals surface area (Å²) in [7, 11) is 1.62. The summed E-state index contributed by atoms with van der Waals surface area (Å²) in [4.78, 5) is 0. The molecule has 0 fully saturated rings. The lowest BCUT2D eigenvalue weighted by Gasteiger charge is -2.27. The second-order valence-corrected chi connectivity index (χ2v) is 5.29. The van der Waals surface area contributed by atoms with Gasteiger partial charge in [-0.1, -0.05) is 18.2 Å². The summed E-state index contributed by atoms with van der Waals surface area (Å²) < 4.78 is 37.1. The predicted molar refractivity (Wildman–Crippen MR) is 79.2 cm³/mol. The Hall–Kier alpha value is -2.14. The highest BCUT2D eigenvalue weighted by Gasteiger charge is 2.22. The smallest absolute Gasteiger partial charge is 0.164 e. The molecule has 0 amide bonds. The van der Waals surface area contributed by atoms with Crippen LogP contribution in [0.1, 0.15) is 11.1 Å². The number of benzene rings is 2. The molecule has 22 heavy (non-hydrogen) atoms. The number of ether oxygens (including phenoxy) is 2. The van der Waals surface area contributed by atoms with E-state index >= 15 is 0 Å². The molecule has 2 aromatic carbocycles. The molecule has 0 bridgehead atoms. The van der Waals surface area contributed by atoms with Crippen LogP contribution in [0.2, 0.25) is 0 Å². The molecule has 1 atom stereocenters. The summed E-state index contributed by atoms with van der Waals surface area (Å²) in [6.45, 7) is 0.974. The topological polar surface area (TPSA) is 30.5 Å². The molecular weight excluding hydrogens is 288 g/mol. The molecule has 1 N–H and O–H groups in total. The molecular formula is C17H17F2NO2. The summed E-state index contributed by atoms with van der Waals surface area (Å²) in [6, 6.07) is 9.85. The van der Waals surface area contributed by atoms with Crippen molar-refractivity contribution in [1.82, 2.24) is 5.32 Å². The standard InChI is InChI=1S/C17H17F2NO2/c1-21-16-4-2-3-12-8-13(10-22-17(12)16)20-9-11-5-6-14(18)15(19)7-11/h2-7,13,20H,8-10H2,1H3/t13-/m0/s1. The molecule has 3 rings (SSSR count). The van der Waals surface area contributed by atoms with Crippen molar-refractivity contribution in [1.29, 1.82) is 0 Å². The highest BCUT2D eigenvalue weighted by molar-refractivity contribution is 5.48. The highest BCUT2D eigenvalue weighted by atomic mass is 19.2. The monoisotopic (exact) mass is 305 g/mol. The van der Waals surface area contributed by atoms with Crippen LogP contribution in [-0.2, 0) is 13.0 Å². The Morgan fingerprint density at radius 2 is 2.09 bits per heavy atom. The minimum absolute atomic E-state index is 0.118. The van der Waals surface area contributed by atoms with Gasteiger partial charge in [0.05, 0.1) is 7.11 Å². The van der Waals surface area contributed by atoms with Gasteiger partial charge in [0.25, 0.3) is 0 Å². The molecule has 116 valence electrons. The molecule has 1 aliphatic rings. The number of halogens is 2. The molecule has 3 nitrogen and oxygen atoms in total. The zero-order valence-corrected chi connectivity index (χ0v) is 12.2. The molecule has 0 radical (unpaired) electrons. The van der Waals surface area contributed by atoms with E-state index in [2.05, 4.69) is 5.32 Å². The normalized spacial score (nSPS) is 16.8. The second kappa shape index (κ2) is 6.32. The summed E-state index contributed by atoms with van der Waals surface area (Å²) in [5, 5.41) is 3.31. The maximum absolute atomic E-state index is 13.2. The summed E-state index contributed by atoms with van der Waals surface area (Å²) in [5.41, 5.74) is 1.78. The SMILES string of the molecule is COc1cccc2c1OC[C@@H](NCc1ccc(F)c(F)c1)C2. The summed E-state index contributed by atoms with van der Waals surface area (Å²) in [5.74, 6) is -0.132. The van der Waals surface area contributed by atoms with Crippen LogP contribution in [0, 0.1) is 11.6 Å². The van der Waals surface area contributed by atoms with E-state index in [0.29, 0.717) is 18.7 Å². The van der Waals surface area contributed by atoms with Crippen molar-refractivity contribution in [3.8, 4) is 11.5 Å². The number of para-hydroxylation sites is 1. The van der Waals surface area contributed by atoms with Gasteiger partial charge in [0.1, 0.15) is 6.61 Å². The predicted octanol–water partition coefficient (Wildman–Crippen LogP) is 3.07. The van der Waals surface area contributed by atoms with Crippen molar-refractivity contribution >= 4 is 0 Å². The van der Waals surface area contributed by atoms with E-state index in [4.69, 9.17) is 9.47 Å². The van der Waals surface area contributed by atoms with Crippen LogP contribution in [-0.4, -0.2) is 19.8 Å². The first kappa shape index (κ1) is 14.8. The molecule has 1 heterocycles. The van der Waals surface area contributed by atoms with Gasteiger partial charge in [-0.2, -0.15) is 0 Å². The van der Waals surface area contributed by atoms with Crippen molar-refractivity contribution in [2.45, 2.75) is 19.0 Å². The van der Waals surface area contributed by atoms with E-state index in [1.807, 2.05) is 18.2 Å². The minimum Gasteiger partial charge on any atom is -0.493 e. The van der Waals surface area contributed by atoms with Crippen LogP contribution in [0.15, 0.2) is 36.4 Å². The van der Waals surface area contributed by atoms with E-state index in [0.717, 1.165) is 29.5 Å². The van der Waals surface area contributed by atoms with Gasteiger partial charge in [-0.25, -0.2) is 8.78 Å². The van der Waals surface area contributed by atoms with Crippen LogP contribution in [0.5, 0.6) is 11.5 Å². The lowest BCUT2D eigenvalue weighted by atomic mass is 10.0. The maximum atomic E-state index is 13.2. The lowest BCUT2D eigenvalue weighted by molar-refractivity contribution is 0.226. The summed E-state index contributed by atoms with van der Waals surface area (Å²) in [6.07, 6.45) is 0.802. The summed E-state index contributed by atoms with van der Waals surface area (Å²) >= 11 is 0. The number of hydrogen-bond donors (Lipinski definition) is 1. The Bertz CT molecular complexity index is 676. The van der Waals surface area contributed by atoms with Crippen molar-refractivity contribution in [2.24, 2.45) is 0 Å². The third-order valence-corrected chi connectivity index (χ3v) is 3.75. The van der Waals surface area contributed by atoms with E-state index in [9.17, 15) is 8.78 Å². The molecule has 0 aliphatic carbocycles. The third-order valence-electron chi connectivity index (χ3n) is 3.75. The largest absolute Gasteiger partial charge is 0.493 e. The quantitative estimate of drug-likeness (QED) is 0.941. The van der Waals surface area contributed by atoms with Crippen LogP contribution in [0.25, 0.3) is 0 Å². The van der Waals surface area contributed by atoms with Crippen molar-refractivity contribution < 1.29 is 18.3 Å². The van der Waals surface area contributed by atoms with Gasteiger partial charge in [0.15, 0.2) is 23.1 Å². The van der Waals surface area contributed by atoms with Gasteiger partial charge in [0.2, 0.25) is 0 Å². The van der Waals surface area contributed by atoms with E-state index < -0.39 is 11.6 Å². The number of methoxy groups -OCH3 is 1. The minimum atomic E-state index is -0.828. The fourth-order valence-corrected chi connectivity index (χ4v) is 2.60.